The highest BCUT2D eigenvalue weighted by atomic mass is 19.1. The Bertz CT molecular complexity index is 1190. The zero-order valence-electron chi connectivity index (χ0n) is 19.7. The average molecular weight is 477 g/mol. The molecule has 1 saturated heterocycles. The fourth-order valence-corrected chi connectivity index (χ4v) is 5.04. The van der Waals surface area contributed by atoms with E-state index in [2.05, 4.69) is 30.9 Å². The second-order valence-electron chi connectivity index (χ2n) is 9.35. The lowest BCUT2D eigenvalue weighted by Gasteiger charge is -2.36. The van der Waals surface area contributed by atoms with Crippen LogP contribution in [0.3, 0.4) is 0 Å². The summed E-state index contributed by atoms with van der Waals surface area (Å²) in [5.41, 5.74) is 2.36. The third-order valence-corrected chi connectivity index (χ3v) is 7.09. The van der Waals surface area contributed by atoms with E-state index in [1.54, 1.807) is 18.2 Å². The summed E-state index contributed by atoms with van der Waals surface area (Å²) in [6.07, 6.45) is 7.05. The monoisotopic (exact) mass is 476 g/mol. The van der Waals surface area contributed by atoms with Crippen LogP contribution in [0, 0.1) is 11.2 Å². The maximum atomic E-state index is 13.5. The van der Waals surface area contributed by atoms with Crippen molar-refractivity contribution in [3.8, 4) is 17.1 Å². The number of methoxy groups -OCH3 is 1. The number of rotatable bonds is 6. The molecule has 2 heterocycles. The lowest BCUT2D eigenvalue weighted by Crippen LogP contribution is -2.41. The van der Waals surface area contributed by atoms with Crippen LogP contribution in [0.5, 0.6) is 5.75 Å². The molecule has 1 amide bonds. The van der Waals surface area contributed by atoms with Crippen molar-refractivity contribution < 1.29 is 13.9 Å². The van der Waals surface area contributed by atoms with Crippen LogP contribution < -0.4 is 20.7 Å². The number of hydrogen-bond donors (Lipinski definition) is 3. The minimum atomic E-state index is -0.402. The predicted octanol–water partition coefficient (Wildman–Crippen LogP) is 4.08. The molecule has 3 N–H and O–H groups in total. The highest BCUT2D eigenvalue weighted by Gasteiger charge is 2.37. The Balaban J connectivity index is 1.20. The van der Waals surface area contributed by atoms with E-state index in [1.165, 1.54) is 44.8 Å². The molecular formula is C26H29FN6O2. The summed E-state index contributed by atoms with van der Waals surface area (Å²) in [6.45, 7) is 2.23. The van der Waals surface area contributed by atoms with Gasteiger partial charge in [0.2, 0.25) is 5.95 Å². The topological polar surface area (TPSA) is 101 Å². The van der Waals surface area contributed by atoms with E-state index in [0.29, 0.717) is 34.1 Å². The van der Waals surface area contributed by atoms with Crippen molar-refractivity contribution in [2.24, 2.45) is 5.41 Å². The molecule has 0 atom stereocenters. The molecule has 8 nitrogen and oxygen atoms in total. The maximum Gasteiger partial charge on any atom is 0.251 e. The van der Waals surface area contributed by atoms with E-state index in [1.807, 2.05) is 12.1 Å². The molecule has 9 heteroatoms. The van der Waals surface area contributed by atoms with Gasteiger partial charge in [-0.1, -0.05) is 0 Å². The summed E-state index contributed by atoms with van der Waals surface area (Å²) >= 11 is 0. The molecule has 1 spiro atoms. The Kier molecular flexibility index (Phi) is 6.59. The van der Waals surface area contributed by atoms with Gasteiger partial charge in [-0.15, -0.1) is 0 Å². The number of anilines is 2. The number of hydrogen-bond acceptors (Lipinski definition) is 7. The normalized spacial score (nSPS) is 21.6. The average Bonchev–Trinajstić information content (AvgIpc) is 3.34. The Morgan fingerprint density at radius 2 is 1.91 bits per heavy atom. The summed E-state index contributed by atoms with van der Waals surface area (Å²) in [5, 5.41) is 9.80. The van der Waals surface area contributed by atoms with Gasteiger partial charge in [0.25, 0.3) is 5.91 Å². The number of ether oxygens (including phenoxy) is 1. The fourth-order valence-electron chi connectivity index (χ4n) is 5.04. The number of nitrogens with one attached hydrogen (secondary N) is 3. The van der Waals surface area contributed by atoms with Crippen molar-refractivity contribution in [1.82, 2.24) is 25.6 Å². The van der Waals surface area contributed by atoms with Crippen molar-refractivity contribution in [1.29, 1.82) is 0 Å². The molecule has 0 radical (unpaired) electrons. The Labute approximate surface area is 203 Å². The summed E-state index contributed by atoms with van der Waals surface area (Å²) in [4.78, 5) is 25.5. The first kappa shape index (κ1) is 23.2. The molecule has 1 aromatic heterocycles. The van der Waals surface area contributed by atoms with E-state index in [0.717, 1.165) is 31.6 Å². The molecule has 35 heavy (non-hydrogen) atoms. The number of halogens is 1. The highest BCUT2D eigenvalue weighted by Crippen LogP contribution is 2.41. The van der Waals surface area contributed by atoms with E-state index in [-0.39, 0.29) is 11.9 Å². The smallest absolute Gasteiger partial charge is 0.251 e. The van der Waals surface area contributed by atoms with Gasteiger partial charge >= 0.3 is 0 Å². The molecule has 182 valence electrons. The molecular weight excluding hydrogens is 447 g/mol. The Morgan fingerprint density at radius 1 is 1.11 bits per heavy atom. The quantitative estimate of drug-likeness (QED) is 0.493. The van der Waals surface area contributed by atoms with Crippen LogP contribution in [0.2, 0.25) is 0 Å². The van der Waals surface area contributed by atoms with Crippen LogP contribution >= 0.6 is 0 Å². The third-order valence-electron chi connectivity index (χ3n) is 7.09. The highest BCUT2D eigenvalue weighted by molar-refractivity contribution is 5.94. The predicted molar refractivity (Wildman–Crippen MR) is 131 cm³/mol. The van der Waals surface area contributed by atoms with Crippen LogP contribution in [0.1, 0.15) is 42.5 Å². The number of carbonyl (C=O) groups excluding carboxylic acids is 1. The van der Waals surface area contributed by atoms with Crippen LogP contribution in [-0.4, -0.2) is 47.1 Å². The van der Waals surface area contributed by atoms with Crippen LogP contribution in [-0.2, 0) is 0 Å². The molecule has 2 aromatic carbocycles. The number of carbonyl (C=O) groups is 1. The Hall–Kier alpha value is -3.59. The molecule has 2 aliphatic rings. The van der Waals surface area contributed by atoms with E-state index >= 15 is 0 Å². The van der Waals surface area contributed by atoms with Crippen LogP contribution in [0.4, 0.5) is 16.0 Å². The largest absolute Gasteiger partial charge is 0.496 e. The van der Waals surface area contributed by atoms with Crippen molar-refractivity contribution in [2.45, 2.75) is 38.1 Å². The zero-order chi connectivity index (χ0) is 24.3. The van der Waals surface area contributed by atoms with Crippen LogP contribution in [0.25, 0.3) is 11.4 Å². The van der Waals surface area contributed by atoms with Crippen molar-refractivity contribution in [2.75, 3.05) is 25.5 Å². The van der Waals surface area contributed by atoms with Crippen molar-refractivity contribution in [3.63, 3.8) is 0 Å². The molecule has 0 bridgehead atoms. The molecule has 2 fully saturated rings. The van der Waals surface area contributed by atoms with Gasteiger partial charge in [0.15, 0.2) is 5.82 Å². The van der Waals surface area contributed by atoms with Gasteiger partial charge in [-0.05, 0) is 80.5 Å². The van der Waals surface area contributed by atoms with Crippen molar-refractivity contribution >= 4 is 17.5 Å². The van der Waals surface area contributed by atoms with Crippen LogP contribution in [0.15, 0.2) is 48.8 Å². The Morgan fingerprint density at radius 3 is 2.63 bits per heavy atom. The fraction of sp³-hybridized carbons (Fsp3) is 0.385. The van der Waals surface area contributed by atoms with Gasteiger partial charge in [0.05, 0.1) is 12.7 Å². The third kappa shape index (κ3) is 5.24. The number of nitrogens with zero attached hydrogens (tertiary/aromatic N) is 3. The van der Waals surface area contributed by atoms with Gasteiger partial charge < -0.3 is 20.7 Å². The van der Waals surface area contributed by atoms with E-state index in [4.69, 9.17) is 4.74 Å². The minimum absolute atomic E-state index is 0.0482. The molecule has 1 aliphatic heterocycles. The number of aromatic nitrogens is 3. The summed E-state index contributed by atoms with van der Waals surface area (Å²) < 4.78 is 18.8. The summed E-state index contributed by atoms with van der Waals surface area (Å²) in [7, 11) is 1.47. The first-order valence-electron chi connectivity index (χ1n) is 12.0. The van der Waals surface area contributed by atoms with Gasteiger partial charge in [0, 0.05) is 29.9 Å². The number of benzene rings is 2. The minimum Gasteiger partial charge on any atom is -0.496 e. The summed E-state index contributed by atoms with van der Waals surface area (Å²) in [5.74, 6) is 0.577. The second kappa shape index (κ2) is 9.95. The molecule has 1 saturated carbocycles. The summed E-state index contributed by atoms with van der Waals surface area (Å²) in [6, 6.07) is 11.6. The first-order valence-corrected chi connectivity index (χ1v) is 12.0. The maximum absolute atomic E-state index is 13.5. The van der Waals surface area contributed by atoms with Gasteiger partial charge in [0.1, 0.15) is 17.9 Å². The van der Waals surface area contributed by atoms with Gasteiger partial charge in [-0.2, -0.15) is 4.98 Å². The zero-order valence-corrected chi connectivity index (χ0v) is 19.7. The van der Waals surface area contributed by atoms with E-state index in [9.17, 15) is 9.18 Å². The first-order chi connectivity index (χ1) is 17.0. The second-order valence-corrected chi connectivity index (χ2v) is 9.35. The van der Waals surface area contributed by atoms with Gasteiger partial charge in [-0.25, -0.2) is 14.4 Å². The lowest BCUT2D eigenvalue weighted by atomic mass is 9.72. The molecule has 1 aliphatic carbocycles. The van der Waals surface area contributed by atoms with Gasteiger partial charge in [-0.3, -0.25) is 4.79 Å². The van der Waals surface area contributed by atoms with Crippen molar-refractivity contribution in [3.05, 3.63) is 60.2 Å². The molecule has 5 rings (SSSR count). The molecule has 0 unspecified atom stereocenters. The standard InChI is InChI=1S/C26H29FN6O2/c1-35-22-14-18(27)4-7-21(22)23-29-16-30-25(33-23)32-19-5-2-17(3-6-19)24(34)31-20-8-10-26(11-9-20)12-13-28-15-26/h2-7,14,16,20,28H,8-13,15H2,1H3,(H,31,34)(H,29,30,32,33). The SMILES string of the molecule is COc1cc(F)ccc1-c1ncnc(Nc2ccc(C(=O)NC3CCC4(CCNC4)CC3)cc2)n1. The van der Waals surface area contributed by atoms with E-state index < -0.39 is 5.82 Å². The lowest BCUT2D eigenvalue weighted by molar-refractivity contribution is 0.0904. The molecule has 3 aromatic rings. The number of amides is 1.